The molecule has 3 rings (SSSR count). The molecular formula is C14H18O. The van der Waals surface area contributed by atoms with Gasteiger partial charge in [0.05, 0.1) is 5.60 Å². The van der Waals surface area contributed by atoms with Gasteiger partial charge in [0.1, 0.15) is 0 Å². The Kier molecular flexibility index (Phi) is 1.93. The first-order valence-electron chi connectivity index (χ1n) is 6.03. The summed E-state index contributed by atoms with van der Waals surface area (Å²) in [7, 11) is 0. The number of hydrogen-bond acceptors (Lipinski definition) is 1. The summed E-state index contributed by atoms with van der Waals surface area (Å²) in [6.45, 7) is 2.19. The highest BCUT2D eigenvalue weighted by Gasteiger charge is 2.57. The van der Waals surface area contributed by atoms with Gasteiger partial charge < -0.3 is 5.11 Å². The van der Waals surface area contributed by atoms with Crippen molar-refractivity contribution < 1.29 is 5.11 Å². The minimum atomic E-state index is -0.326. The van der Waals surface area contributed by atoms with Crippen LogP contribution in [0.3, 0.4) is 0 Å². The Hall–Kier alpha value is -0.820. The molecule has 0 amide bonds. The van der Waals surface area contributed by atoms with Gasteiger partial charge in [0.15, 0.2) is 0 Å². The Morgan fingerprint density at radius 3 is 2.33 bits per heavy atom. The zero-order chi connectivity index (χ0) is 10.5. The Balaban J connectivity index is 1.80. The van der Waals surface area contributed by atoms with E-state index in [2.05, 4.69) is 31.2 Å². The molecule has 1 fully saturated rings. The molecule has 2 unspecified atom stereocenters. The van der Waals surface area contributed by atoms with Crippen LogP contribution in [0.2, 0.25) is 0 Å². The SMILES string of the molecule is CCC1CC1(O)C1Cc2ccccc2C1. The molecule has 0 aliphatic heterocycles. The second kappa shape index (κ2) is 3.08. The van der Waals surface area contributed by atoms with Gasteiger partial charge in [-0.1, -0.05) is 37.6 Å². The lowest BCUT2D eigenvalue weighted by atomic mass is 9.94. The maximum absolute atomic E-state index is 10.5. The molecule has 2 atom stereocenters. The second-order valence-electron chi connectivity index (χ2n) is 5.17. The van der Waals surface area contributed by atoms with Gasteiger partial charge in [-0.05, 0) is 42.2 Å². The van der Waals surface area contributed by atoms with Crippen molar-refractivity contribution in [1.29, 1.82) is 0 Å². The van der Waals surface area contributed by atoms with Gasteiger partial charge in [0.2, 0.25) is 0 Å². The number of fused-ring (bicyclic) bond motifs is 1. The summed E-state index contributed by atoms with van der Waals surface area (Å²) in [4.78, 5) is 0. The molecule has 2 aliphatic carbocycles. The first-order valence-corrected chi connectivity index (χ1v) is 6.03. The molecule has 1 N–H and O–H groups in total. The third kappa shape index (κ3) is 1.33. The minimum Gasteiger partial charge on any atom is -0.389 e. The van der Waals surface area contributed by atoms with E-state index < -0.39 is 0 Å². The van der Waals surface area contributed by atoms with Gasteiger partial charge in [-0.15, -0.1) is 0 Å². The number of benzene rings is 1. The van der Waals surface area contributed by atoms with Gasteiger partial charge in [-0.2, -0.15) is 0 Å². The second-order valence-corrected chi connectivity index (χ2v) is 5.17. The molecule has 0 spiro atoms. The van der Waals surface area contributed by atoms with Gasteiger partial charge in [-0.25, -0.2) is 0 Å². The van der Waals surface area contributed by atoms with Crippen molar-refractivity contribution in [2.75, 3.05) is 0 Å². The van der Waals surface area contributed by atoms with Crippen LogP contribution in [0, 0.1) is 11.8 Å². The van der Waals surface area contributed by atoms with E-state index in [1.54, 1.807) is 0 Å². The molecule has 15 heavy (non-hydrogen) atoms. The highest BCUT2D eigenvalue weighted by molar-refractivity contribution is 5.34. The number of hydrogen-bond donors (Lipinski definition) is 1. The Morgan fingerprint density at radius 2 is 1.87 bits per heavy atom. The quantitative estimate of drug-likeness (QED) is 0.781. The summed E-state index contributed by atoms with van der Waals surface area (Å²) < 4.78 is 0. The van der Waals surface area contributed by atoms with Crippen LogP contribution >= 0.6 is 0 Å². The first-order chi connectivity index (χ1) is 7.24. The van der Waals surface area contributed by atoms with E-state index >= 15 is 0 Å². The standard InChI is InChI=1S/C14H18O/c1-2-12-9-14(12,15)13-7-10-5-3-4-6-11(10)8-13/h3-6,12-13,15H,2,7-9H2,1H3. The Morgan fingerprint density at radius 1 is 1.27 bits per heavy atom. The van der Waals surface area contributed by atoms with E-state index in [4.69, 9.17) is 0 Å². The van der Waals surface area contributed by atoms with Gasteiger partial charge in [-0.3, -0.25) is 0 Å². The summed E-state index contributed by atoms with van der Waals surface area (Å²) in [5, 5.41) is 10.5. The lowest BCUT2D eigenvalue weighted by Crippen LogP contribution is -2.25. The Bertz CT molecular complexity index is 360. The molecule has 80 valence electrons. The van der Waals surface area contributed by atoms with Crippen LogP contribution in [-0.4, -0.2) is 10.7 Å². The number of rotatable bonds is 2. The molecule has 0 radical (unpaired) electrons. The van der Waals surface area contributed by atoms with Crippen molar-refractivity contribution in [1.82, 2.24) is 0 Å². The lowest BCUT2D eigenvalue weighted by molar-refractivity contribution is 0.0687. The van der Waals surface area contributed by atoms with Crippen molar-refractivity contribution in [3.8, 4) is 0 Å². The normalized spacial score (nSPS) is 34.1. The minimum absolute atomic E-state index is 0.326. The fourth-order valence-corrected chi connectivity index (χ4v) is 3.25. The summed E-state index contributed by atoms with van der Waals surface area (Å²) >= 11 is 0. The molecule has 2 aliphatic rings. The van der Waals surface area contributed by atoms with Crippen molar-refractivity contribution in [2.24, 2.45) is 11.8 Å². The van der Waals surface area contributed by atoms with E-state index in [1.807, 2.05) is 0 Å². The van der Waals surface area contributed by atoms with Crippen molar-refractivity contribution in [2.45, 2.75) is 38.2 Å². The molecule has 1 heteroatoms. The summed E-state index contributed by atoms with van der Waals surface area (Å²) in [5.74, 6) is 1.05. The fourth-order valence-electron chi connectivity index (χ4n) is 3.25. The van der Waals surface area contributed by atoms with Crippen LogP contribution < -0.4 is 0 Å². The molecule has 0 heterocycles. The lowest BCUT2D eigenvalue weighted by Gasteiger charge is -2.17. The average Bonchev–Trinajstić information content (AvgIpc) is 2.76. The molecule has 1 nitrogen and oxygen atoms in total. The highest BCUT2D eigenvalue weighted by Crippen LogP contribution is 2.54. The monoisotopic (exact) mass is 202 g/mol. The van der Waals surface area contributed by atoms with E-state index in [-0.39, 0.29) is 5.60 Å². The highest BCUT2D eigenvalue weighted by atomic mass is 16.3. The van der Waals surface area contributed by atoms with Crippen molar-refractivity contribution >= 4 is 0 Å². The predicted molar refractivity (Wildman–Crippen MR) is 60.7 cm³/mol. The topological polar surface area (TPSA) is 20.2 Å². The first kappa shape index (κ1) is 9.41. The van der Waals surface area contributed by atoms with Crippen LogP contribution in [0.15, 0.2) is 24.3 Å². The van der Waals surface area contributed by atoms with Gasteiger partial charge in [0.25, 0.3) is 0 Å². The third-order valence-corrected chi connectivity index (χ3v) is 4.37. The van der Waals surface area contributed by atoms with E-state index in [0.29, 0.717) is 11.8 Å². The maximum atomic E-state index is 10.5. The van der Waals surface area contributed by atoms with Crippen LogP contribution in [0.5, 0.6) is 0 Å². The number of aliphatic hydroxyl groups is 1. The van der Waals surface area contributed by atoms with Crippen LogP contribution in [0.1, 0.15) is 30.9 Å². The van der Waals surface area contributed by atoms with Crippen molar-refractivity contribution in [3.05, 3.63) is 35.4 Å². The fraction of sp³-hybridized carbons (Fsp3) is 0.571. The molecular weight excluding hydrogens is 184 g/mol. The molecule has 1 aromatic rings. The molecule has 0 bridgehead atoms. The molecule has 0 aromatic heterocycles. The predicted octanol–water partition coefficient (Wildman–Crippen LogP) is 2.56. The largest absolute Gasteiger partial charge is 0.389 e. The summed E-state index contributed by atoms with van der Waals surface area (Å²) in [6.07, 6.45) is 4.33. The van der Waals surface area contributed by atoms with Crippen molar-refractivity contribution in [3.63, 3.8) is 0 Å². The summed E-state index contributed by atoms with van der Waals surface area (Å²) in [5.41, 5.74) is 2.59. The molecule has 1 saturated carbocycles. The molecule has 1 aromatic carbocycles. The zero-order valence-corrected chi connectivity index (χ0v) is 9.24. The Labute approximate surface area is 91.1 Å². The van der Waals surface area contributed by atoms with Crippen LogP contribution in [0.4, 0.5) is 0 Å². The zero-order valence-electron chi connectivity index (χ0n) is 9.24. The van der Waals surface area contributed by atoms with Crippen LogP contribution in [0.25, 0.3) is 0 Å². The summed E-state index contributed by atoms with van der Waals surface area (Å²) in [6, 6.07) is 8.63. The van der Waals surface area contributed by atoms with E-state index in [0.717, 1.165) is 25.7 Å². The average molecular weight is 202 g/mol. The third-order valence-electron chi connectivity index (χ3n) is 4.37. The molecule has 0 saturated heterocycles. The van der Waals surface area contributed by atoms with Gasteiger partial charge >= 0.3 is 0 Å². The van der Waals surface area contributed by atoms with E-state index in [1.165, 1.54) is 11.1 Å². The van der Waals surface area contributed by atoms with Crippen LogP contribution in [-0.2, 0) is 12.8 Å². The maximum Gasteiger partial charge on any atom is 0.0714 e. The van der Waals surface area contributed by atoms with E-state index in [9.17, 15) is 5.11 Å². The van der Waals surface area contributed by atoms with Gasteiger partial charge in [0, 0.05) is 0 Å². The smallest absolute Gasteiger partial charge is 0.0714 e.